The fraction of sp³-hybridized carbons (Fsp3) is 0.684. The lowest BCUT2D eigenvalue weighted by Crippen LogP contribution is -2.44. The fourth-order valence-corrected chi connectivity index (χ4v) is 3.21. The van der Waals surface area contributed by atoms with E-state index in [4.69, 9.17) is 10.5 Å². The Labute approximate surface area is 130 Å². The van der Waals surface area contributed by atoms with E-state index in [0.717, 1.165) is 30.4 Å². The Morgan fingerprint density at radius 1 is 1.14 bits per heavy atom. The summed E-state index contributed by atoms with van der Waals surface area (Å²) in [4.78, 5) is 0. The first-order chi connectivity index (χ1) is 10.0. The summed E-state index contributed by atoms with van der Waals surface area (Å²) in [5, 5.41) is 0. The van der Waals surface area contributed by atoms with Gasteiger partial charge in [0.1, 0.15) is 11.9 Å². The number of hydrogen-bond donors (Lipinski definition) is 1. The average molecular weight is 289 g/mol. The van der Waals surface area contributed by atoms with E-state index in [1.165, 1.54) is 18.4 Å². The monoisotopic (exact) mass is 289 g/mol. The molecule has 1 aliphatic carbocycles. The first kappa shape index (κ1) is 16.4. The predicted molar refractivity (Wildman–Crippen MR) is 89.7 cm³/mol. The molecule has 1 aromatic carbocycles. The Balaban J connectivity index is 1.99. The highest BCUT2D eigenvalue weighted by Gasteiger charge is 2.31. The summed E-state index contributed by atoms with van der Waals surface area (Å²) >= 11 is 0. The van der Waals surface area contributed by atoms with Crippen LogP contribution in [0, 0.1) is 11.8 Å². The third-order valence-corrected chi connectivity index (χ3v) is 5.18. The molecule has 118 valence electrons. The molecule has 1 fully saturated rings. The van der Waals surface area contributed by atoms with Gasteiger partial charge in [-0.15, -0.1) is 0 Å². The molecule has 0 aliphatic heterocycles. The molecule has 2 heteroatoms. The van der Waals surface area contributed by atoms with Crippen LogP contribution in [0.4, 0.5) is 0 Å². The minimum Gasteiger partial charge on any atom is -0.489 e. The van der Waals surface area contributed by atoms with E-state index in [1.54, 1.807) is 0 Å². The Bertz CT molecular complexity index is 426. The van der Waals surface area contributed by atoms with Crippen LogP contribution in [-0.2, 0) is 0 Å². The maximum atomic E-state index is 6.26. The molecule has 2 rings (SSSR count). The molecule has 0 bridgehead atoms. The summed E-state index contributed by atoms with van der Waals surface area (Å²) in [7, 11) is 0. The second-order valence-electron chi connectivity index (χ2n) is 7.02. The van der Waals surface area contributed by atoms with Crippen LogP contribution in [-0.4, -0.2) is 12.1 Å². The summed E-state index contributed by atoms with van der Waals surface area (Å²) in [6.07, 6.45) is 4.75. The predicted octanol–water partition coefficient (Wildman–Crippen LogP) is 4.73. The Morgan fingerprint density at radius 3 is 2.38 bits per heavy atom. The van der Waals surface area contributed by atoms with Gasteiger partial charge in [0.25, 0.3) is 0 Å². The van der Waals surface area contributed by atoms with Gasteiger partial charge in [-0.25, -0.2) is 0 Å². The minimum absolute atomic E-state index is 0.167. The Morgan fingerprint density at radius 2 is 1.81 bits per heavy atom. The van der Waals surface area contributed by atoms with Crippen molar-refractivity contribution in [3.8, 4) is 5.75 Å². The van der Waals surface area contributed by atoms with E-state index in [2.05, 4.69) is 52.0 Å². The molecule has 2 nitrogen and oxygen atoms in total. The minimum atomic E-state index is 0.167. The van der Waals surface area contributed by atoms with Crippen LogP contribution in [0.1, 0.15) is 64.9 Å². The van der Waals surface area contributed by atoms with E-state index in [0.29, 0.717) is 5.92 Å². The third-order valence-electron chi connectivity index (χ3n) is 5.18. The van der Waals surface area contributed by atoms with E-state index < -0.39 is 0 Å². The molecular weight excluding hydrogens is 258 g/mol. The van der Waals surface area contributed by atoms with Crippen LogP contribution in [0.2, 0.25) is 0 Å². The SMILES string of the molecule is CCC(C)c1ccc(OC2CC(C(C)C)CCC2N)cc1. The lowest BCUT2D eigenvalue weighted by molar-refractivity contribution is 0.0867. The molecule has 0 amide bonds. The standard InChI is InChI=1S/C19H31NO/c1-5-14(4)15-6-9-17(10-7-15)21-19-12-16(13(2)3)8-11-18(19)20/h6-7,9-10,13-14,16,18-19H,5,8,11-12,20H2,1-4H3. The lowest BCUT2D eigenvalue weighted by Gasteiger charge is -2.36. The van der Waals surface area contributed by atoms with Gasteiger partial charge in [0, 0.05) is 6.04 Å². The van der Waals surface area contributed by atoms with Crippen molar-refractivity contribution in [2.24, 2.45) is 17.6 Å². The zero-order valence-corrected chi connectivity index (χ0v) is 14.0. The van der Waals surface area contributed by atoms with Crippen molar-refractivity contribution in [3.05, 3.63) is 29.8 Å². The van der Waals surface area contributed by atoms with Gasteiger partial charge in [-0.1, -0.05) is 39.8 Å². The Hall–Kier alpha value is -1.02. The number of benzene rings is 1. The van der Waals surface area contributed by atoms with Gasteiger partial charge in [-0.05, 0) is 61.1 Å². The molecule has 1 saturated carbocycles. The number of hydrogen-bond acceptors (Lipinski definition) is 2. The van der Waals surface area contributed by atoms with Crippen molar-refractivity contribution in [2.75, 3.05) is 0 Å². The average Bonchev–Trinajstić information content (AvgIpc) is 2.49. The highest BCUT2D eigenvalue weighted by molar-refractivity contribution is 5.29. The topological polar surface area (TPSA) is 35.2 Å². The van der Waals surface area contributed by atoms with E-state index in [-0.39, 0.29) is 12.1 Å². The molecule has 2 N–H and O–H groups in total. The highest BCUT2D eigenvalue weighted by atomic mass is 16.5. The molecule has 0 saturated heterocycles. The van der Waals surface area contributed by atoms with Crippen molar-refractivity contribution in [2.45, 2.75) is 71.4 Å². The van der Waals surface area contributed by atoms with Crippen LogP contribution in [0.3, 0.4) is 0 Å². The Kier molecular flexibility index (Phi) is 5.69. The smallest absolute Gasteiger partial charge is 0.119 e. The van der Waals surface area contributed by atoms with E-state index >= 15 is 0 Å². The highest BCUT2D eigenvalue weighted by Crippen LogP contribution is 2.32. The van der Waals surface area contributed by atoms with Crippen LogP contribution in [0.15, 0.2) is 24.3 Å². The second kappa shape index (κ2) is 7.31. The quantitative estimate of drug-likeness (QED) is 0.850. The zero-order chi connectivity index (χ0) is 15.4. The molecule has 0 aromatic heterocycles. The van der Waals surface area contributed by atoms with Crippen LogP contribution in [0.25, 0.3) is 0 Å². The van der Waals surface area contributed by atoms with Gasteiger partial charge in [0.05, 0.1) is 0 Å². The van der Waals surface area contributed by atoms with Crippen molar-refractivity contribution < 1.29 is 4.74 Å². The van der Waals surface area contributed by atoms with Crippen molar-refractivity contribution >= 4 is 0 Å². The summed E-state index contributed by atoms with van der Waals surface area (Å²) < 4.78 is 6.19. The normalized spacial score (nSPS) is 27.6. The van der Waals surface area contributed by atoms with Gasteiger partial charge < -0.3 is 10.5 Å². The molecule has 1 aliphatic rings. The molecule has 0 heterocycles. The first-order valence-corrected chi connectivity index (χ1v) is 8.53. The summed E-state index contributed by atoms with van der Waals surface area (Å²) in [5.74, 6) is 3.04. The molecule has 4 unspecified atom stereocenters. The van der Waals surface area contributed by atoms with Gasteiger partial charge in [-0.2, -0.15) is 0 Å². The van der Waals surface area contributed by atoms with Gasteiger partial charge in [-0.3, -0.25) is 0 Å². The maximum Gasteiger partial charge on any atom is 0.119 e. The third kappa shape index (κ3) is 4.23. The van der Waals surface area contributed by atoms with Crippen LogP contribution >= 0.6 is 0 Å². The van der Waals surface area contributed by atoms with Gasteiger partial charge in [0.2, 0.25) is 0 Å². The molecule has 0 spiro atoms. The molecule has 1 aromatic rings. The summed E-state index contributed by atoms with van der Waals surface area (Å²) in [6.45, 7) is 9.10. The largest absolute Gasteiger partial charge is 0.489 e. The molecule has 21 heavy (non-hydrogen) atoms. The zero-order valence-electron chi connectivity index (χ0n) is 14.0. The van der Waals surface area contributed by atoms with Crippen molar-refractivity contribution in [1.82, 2.24) is 0 Å². The van der Waals surface area contributed by atoms with Crippen molar-refractivity contribution in [1.29, 1.82) is 0 Å². The number of rotatable bonds is 5. The van der Waals surface area contributed by atoms with Crippen LogP contribution < -0.4 is 10.5 Å². The van der Waals surface area contributed by atoms with E-state index in [1.807, 2.05) is 0 Å². The second-order valence-corrected chi connectivity index (χ2v) is 7.02. The van der Waals surface area contributed by atoms with Gasteiger partial charge >= 0.3 is 0 Å². The lowest BCUT2D eigenvalue weighted by atomic mass is 9.78. The molecule has 0 radical (unpaired) electrons. The fourth-order valence-electron chi connectivity index (χ4n) is 3.21. The summed E-state index contributed by atoms with van der Waals surface area (Å²) in [5.41, 5.74) is 7.65. The van der Waals surface area contributed by atoms with E-state index in [9.17, 15) is 0 Å². The number of nitrogens with two attached hydrogens (primary N) is 1. The molecule has 4 atom stereocenters. The first-order valence-electron chi connectivity index (χ1n) is 8.53. The van der Waals surface area contributed by atoms with Crippen molar-refractivity contribution in [3.63, 3.8) is 0 Å². The van der Waals surface area contributed by atoms with Gasteiger partial charge in [0.15, 0.2) is 0 Å². The number of ether oxygens (including phenoxy) is 1. The molecular formula is C19H31NO. The summed E-state index contributed by atoms with van der Waals surface area (Å²) in [6, 6.07) is 8.77. The van der Waals surface area contributed by atoms with Crippen LogP contribution in [0.5, 0.6) is 5.75 Å². The maximum absolute atomic E-state index is 6.26.